The Labute approximate surface area is 158 Å². The average Bonchev–Trinajstić information content (AvgIpc) is 3.06. The molecule has 3 heteroatoms. The lowest BCUT2D eigenvalue weighted by Crippen LogP contribution is -2.31. The minimum absolute atomic E-state index is 0.0929. The number of nitrogens with one attached hydrogen (secondary N) is 1. The number of aryl methyl sites for hydroxylation is 1. The molecule has 134 valence electrons. The highest BCUT2D eigenvalue weighted by Gasteiger charge is 2.44. The normalized spacial score (nSPS) is 22.3. The number of hydrogen-bond acceptors (Lipinski definition) is 2. The van der Waals surface area contributed by atoms with Crippen LogP contribution in [0, 0.1) is 12.8 Å². The predicted octanol–water partition coefficient (Wildman–Crippen LogP) is 5.16. The number of hydrogen-bond donors (Lipinski definition) is 2. The third-order valence-corrected chi connectivity index (χ3v) is 6.07. The highest BCUT2D eigenvalue weighted by Crippen LogP contribution is 2.54. The van der Waals surface area contributed by atoms with Gasteiger partial charge in [-0.2, -0.15) is 0 Å². The molecule has 0 saturated heterocycles. The molecule has 1 aliphatic heterocycles. The molecule has 0 unspecified atom stereocenters. The number of carboxylic acid groups (broad SMARTS) is 1. The molecule has 3 aromatic rings. The second-order valence-electron chi connectivity index (χ2n) is 7.66. The fourth-order valence-corrected chi connectivity index (χ4v) is 4.96. The van der Waals surface area contributed by atoms with Gasteiger partial charge in [0.25, 0.3) is 0 Å². The van der Waals surface area contributed by atoms with Gasteiger partial charge in [0.15, 0.2) is 0 Å². The standard InChI is InChI=1S/C24H21NO2/c1-14-6-4-8-16(12-14)22-20-13-15-7-2-3-9-17(15)21(20)18-10-5-11-19(24(26)27)23(18)25-22/h2-12,20-22,25H,13H2,1H3,(H,26,27)/t20-,21-,22+/m1/s1. The van der Waals surface area contributed by atoms with Gasteiger partial charge in [-0.3, -0.25) is 0 Å². The van der Waals surface area contributed by atoms with Gasteiger partial charge in [0.2, 0.25) is 0 Å². The summed E-state index contributed by atoms with van der Waals surface area (Å²) in [4.78, 5) is 11.9. The van der Waals surface area contributed by atoms with E-state index in [1.807, 2.05) is 6.07 Å². The largest absolute Gasteiger partial charge is 0.478 e. The van der Waals surface area contributed by atoms with Crippen molar-refractivity contribution in [3.8, 4) is 0 Å². The van der Waals surface area contributed by atoms with Gasteiger partial charge >= 0.3 is 5.97 Å². The van der Waals surface area contributed by atoms with Crippen molar-refractivity contribution in [1.82, 2.24) is 0 Å². The van der Waals surface area contributed by atoms with Crippen LogP contribution in [-0.4, -0.2) is 11.1 Å². The number of anilines is 1. The molecule has 2 N–H and O–H groups in total. The maximum Gasteiger partial charge on any atom is 0.337 e. The van der Waals surface area contributed by atoms with E-state index >= 15 is 0 Å². The van der Waals surface area contributed by atoms with Crippen molar-refractivity contribution in [2.45, 2.75) is 25.3 Å². The van der Waals surface area contributed by atoms with E-state index in [-0.39, 0.29) is 12.0 Å². The van der Waals surface area contributed by atoms with E-state index in [4.69, 9.17) is 0 Å². The van der Waals surface area contributed by atoms with Crippen LogP contribution < -0.4 is 5.32 Å². The number of para-hydroxylation sites is 1. The number of benzene rings is 3. The Morgan fingerprint density at radius 3 is 2.59 bits per heavy atom. The first-order valence-corrected chi connectivity index (χ1v) is 9.40. The van der Waals surface area contributed by atoms with E-state index in [0.717, 1.165) is 17.7 Å². The molecule has 0 radical (unpaired) electrons. The van der Waals surface area contributed by atoms with E-state index in [2.05, 4.69) is 66.8 Å². The monoisotopic (exact) mass is 355 g/mol. The third kappa shape index (κ3) is 2.46. The van der Waals surface area contributed by atoms with Crippen LogP contribution in [0.1, 0.15) is 50.1 Å². The number of aromatic carboxylic acids is 1. The zero-order valence-corrected chi connectivity index (χ0v) is 15.1. The number of carboxylic acids is 1. The zero-order chi connectivity index (χ0) is 18.5. The van der Waals surface area contributed by atoms with Gasteiger partial charge in [0.05, 0.1) is 17.3 Å². The molecule has 2 aliphatic rings. The number of carbonyl (C=O) groups is 1. The van der Waals surface area contributed by atoms with Crippen LogP contribution in [0.5, 0.6) is 0 Å². The van der Waals surface area contributed by atoms with Gasteiger partial charge in [0, 0.05) is 5.92 Å². The van der Waals surface area contributed by atoms with Crippen molar-refractivity contribution in [2.75, 3.05) is 5.32 Å². The lowest BCUT2D eigenvalue weighted by molar-refractivity contribution is 0.0697. The Bertz CT molecular complexity index is 1060. The Hall–Kier alpha value is -3.07. The molecular formula is C24H21NO2. The molecular weight excluding hydrogens is 334 g/mol. The molecule has 1 heterocycles. The predicted molar refractivity (Wildman–Crippen MR) is 106 cm³/mol. The van der Waals surface area contributed by atoms with Gasteiger partial charge in [-0.25, -0.2) is 4.79 Å². The lowest BCUT2D eigenvalue weighted by atomic mass is 9.75. The van der Waals surface area contributed by atoms with E-state index < -0.39 is 5.97 Å². The quantitative estimate of drug-likeness (QED) is 0.667. The number of rotatable bonds is 2. The van der Waals surface area contributed by atoms with E-state index in [1.165, 1.54) is 22.3 Å². The molecule has 0 spiro atoms. The summed E-state index contributed by atoms with van der Waals surface area (Å²) in [7, 11) is 0. The molecule has 0 amide bonds. The fraction of sp³-hybridized carbons (Fsp3) is 0.208. The Balaban J connectivity index is 1.73. The molecule has 5 rings (SSSR count). The summed E-state index contributed by atoms with van der Waals surface area (Å²) in [6, 6.07) is 22.9. The molecule has 3 nitrogen and oxygen atoms in total. The Morgan fingerprint density at radius 1 is 1.00 bits per heavy atom. The minimum Gasteiger partial charge on any atom is -0.478 e. The molecule has 27 heavy (non-hydrogen) atoms. The summed E-state index contributed by atoms with van der Waals surface area (Å²) >= 11 is 0. The number of fused-ring (bicyclic) bond motifs is 5. The Kier molecular flexibility index (Phi) is 3.57. The van der Waals surface area contributed by atoms with E-state index in [0.29, 0.717) is 11.5 Å². The van der Waals surface area contributed by atoms with Crippen molar-refractivity contribution < 1.29 is 9.90 Å². The van der Waals surface area contributed by atoms with Crippen LogP contribution in [0.25, 0.3) is 0 Å². The third-order valence-electron chi connectivity index (χ3n) is 6.07. The fourth-order valence-electron chi connectivity index (χ4n) is 4.96. The van der Waals surface area contributed by atoms with Crippen molar-refractivity contribution in [3.05, 3.63) is 100 Å². The van der Waals surface area contributed by atoms with Gasteiger partial charge in [-0.1, -0.05) is 66.2 Å². The highest BCUT2D eigenvalue weighted by atomic mass is 16.4. The summed E-state index contributed by atoms with van der Waals surface area (Å²) in [5.41, 5.74) is 7.39. The topological polar surface area (TPSA) is 49.3 Å². The van der Waals surface area contributed by atoms with Crippen LogP contribution in [0.15, 0.2) is 66.7 Å². The summed E-state index contributed by atoms with van der Waals surface area (Å²) < 4.78 is 0. The molecule has 3 aromatic carbocycles. The van der Waals surface area contributed by atoms with Gasteiger partial charge in [-0.15, -0.1) is 0 Å². The van der Waals surface area contributed by atoms with Crippen molar-refractivity contribution in [3.63, 3.8) is 0 Å². The van der Waals surface area contributed by atoms with E-state index in [9.17, 15) is 9.90 Å². The molecule has 0 bridgehead atoms. The van der Waals surface area contributed by atoms with Gasteiger partial charge < -0.3 is 10.4 Å². The molecule has 3 atom stereocenters. The molecule has 1 aliphatic carbocycles. The molecule has 0 aromatic heterocycles. The second-order valence-corrected chi connectivity index (χ2v) is 7.66. The first kappa shape index (κ1) is 16.1. The average molecular weight is 355 g/mol. The van der Waals surface area contributed by atoms with Gasteiger partial charge in [-0.05, 0) is 47.6 Å². The highest BCUT2D eigenvalue weighted by molar-refractivity contribution is 5.96. The van der Waals surface area contributed by atoms with E-state index in [1.54, 1.807) is 6.07 Å². The first-order valence-electron chi connectivity index (χ1n) is 9.40. The van der Waals surface area contributed by atoms with Crippen LogP contribution >= 0.6 is 0 Å². The molecule has 0 saturated carbocycles. The Morgan fingerprint density at radius 2 is 1.78 bits per heavy atom. The zero-order valence-electron chi connectivity index (χ0n) is 15.1. The maximum absolute atomic E-state index is 11.9. The maximum atomic E-state index is 11.9. The minimum atomic E-state index is -0.882. The SMILES string of the molecule is Cc1cccc([C@@H]2Nc3c(C(=O)O)cccc3[C@H]3c4ccccc4C[C@H]32)c1. The van der Waals surface area contributed by atoms with Crippen LogP contribution in [0.4, 0.5) is 5.69 Å². The van der Waals surface area contributed by atoms with Gasteiger partial charge in [0.1, 0.15) is 0 Å². The molecule has 0 fully saturated rings. The lowest BCUT2D eigenvalue weighted by Gasteiger charge is -2.38. The van der Waals surface area contributed by atoms with Crippen molar-refractivity contribution >= 4 is 11.7 Å². The van der Waals surface area contributed by atoms with Crippen molar-refractivity contribution in [2.24, 2.45) is 5.92 Å². The summed E-state index contributed by atoms with van der Waals surface area (Å²) in [5, 5.41) is 13.4. The first-order chi connectivity index (χ1) is 13.1. The smallest absolute Gasteiger partial charge is 0.337 e. The summed E-state index contributed by atoms with van der Waals surface area (Å²) in [5.74, 6) is -0.282. The van der Waals surface area contributed by atoms with Crippen molar-refractivity contribution in [1.29, 1.82) is 0 Å². The van der Waals surface area contributed by atoms with Crippen LogP contribution in [0.3, 0.4) is 0 Å². The summed E-state index contributed by atoms with van der Waals surface area (Å²) in [6.45, 7) is 2.10. The second kappa shape index (κ2) is 5.98. The van der Waals surface area contributed by atoms with Crippen LogP contribution in [-0.2, 0) is 6.42 Å². The summed E-state index contributed by atoms with van der Waals surface area (Å²) in [6.07, 6.45) is 1.00. The van der Waals surface area contributed by atoms with Crippen LogP contribution in [0.2, 0.25) is 0 Å².